The van der Waals surface area contributed by atoms with Crippen LogP contribution in [0.15, 0.2) is 66.7 Å². The van der Waals surface area contributed by atoms with Gasteiger partial charge in [0.2, 0.25) is 0 Å². The standard InChI is InChI=1S/C35H40Cl2N2O7/c1-35(2,3)46-34(41)25-44-31-16-11-27(12-17-31)7-8-28-13-18-32(39(42)43)29(23-28)24-45-33(40)6-4-5-26-9-14-30(15-10-26)38(21-19-36)22-20-37/h7-18,23H,4-6,19-22,24-25H2,1-3H3/b8-7+. The van der Waals surface area contributed by atoms with Crippen LogP contribution in [-0.2, 0) is 32.1 Å². The SMILES string of the molecule is CC(C)(C)OC(=O)COc1ccc(/C=C/c2ccc([N+](=O)[O-])c(COC(=O)CCCc3ccc(N(CCCl)CCCl)cc3)c2)cc1. The molecule has 46 heavy (non-hydrogen) atoms. The van der Waals surface area contributed by atoms with Gasteiger partial charge in [-0.25, -0.2) is 4.79 Å². The smallest absolute Gasteiger partial charge is 0.344 e. The van der Waals surface area contributed by atoms with E-state index in [-0.39, 0.29) is 25.3 Å². The van der Waals surface area contributed by atoms with Crippen LogP contribution in [0.2, 0.25) is 0 Å². The van der Waals surface area contributed by atoms with Crippen LogP contribution in [-0.4, -0.2) is 53.9 Å². The van der Waals surface area contributed by atoms with Crippen LogP contribution >= 0.6 is 23.2 Å². The monoisotopic (exact) mass is 670 g/mol. The first kappa shape index (κ1) is 36.4. The van der Waals surface area contributed by atoms with Crippen LogP contribution in [0, 0.1) is 10.1 Å². The van der Waals surface area contributed by atoms with E-state index in [1.54, 1.807) is 45.0 Å². The van der Waals surface area contributed by atoms with Gasteiger partial charge in [0, 0.05) is 43.0 Å². The number of rotatable bonds is 17. The van der Waals surface area contributed by atoms with Gasteiger partial charge in [-0.05, 0) is 86.7 Å². The van der Waals surface area contributed by atoms with Gasteiger partial charge in [-0.2, -0.15) is 0 Å². The zero-order chi connectivity index (χ0) is 33.5. The molecule has 0 N–H and O–H groups in total. The van der Waals surface area contributed by atoms with E-state index in [1.807, 2.05) is 48.6 Å². The molecule has 0 aliphatic rings. The van der Waals surface area contributed by atoms with Crippen molar-refractivity contribution in [2.24, 2.45) is 0 Å². The maximum absolute atomic E-state index is 12.5. The highest BCUT2D eigenvalue weighted by molar-refractivity contribution is 6.18. The van der Waals surface area contributed by atoms with Gasteiger partial charge in [0.05, 0.1) is 10.5 Å². The lowest BCUT2D eigenvalue weighted by Gasteiger charge is -2.23. The van der Waals surface area contributed by atoms with E-state index in [1.165, 1.54) is 6.07 Å². The first-order valence-electron chi connectivity index (χ1n) is 15.0. The number of nitro groups is 1. The predicted octanol–water partition coefficient (Wildman–Crippen LogP) is 7.84. The molecule has 0 aliphatic carbocycles. The summed E-state index contributed by atoms with van der Waals surface area (Å²) in [4.78, 5) is 37.6. The van der Waals surface area contributed by atoms with Crippen LogP contribution in [0.5, 0.6) is 5.75 Å². The zero-order valence-corrected chi connectivity index (χ0v) is 27.9. The highest BCUT2D eigenvalue weighted by atomic mass is 35.5. The molecule has 0 aliphatic heterocycles. The molecule has 0 radical (unpaired) electrons. The summed E-state index contributed by atoms with van der Waals surface area (Å²) in [5, 5.41) is 11.6. The molecule has 0 heterocycles. The third kappa shape index (κ3) is 12.7. The first-order chi connectivity index (χ1) is 22.0. The number of hydrogen-bond donors (Lipinski definition) is 0. The average molecular weight is 672 g/mol. The summed E-state index contributed by atoms with van der Waals surface area (Å²) in [6.07, 6.45) is 5.12. The number of ether oxygens (including phenoxy) is 3. The molecule has 0 atom stereocenters. The number of esters is 2. The number of aryl methyl sites for hydroxylation is 1. The Balaban J connectivity index is 1.51. The highest BCUT2D eigenvalue weighted by Gasteiger charge is 2.17. The highest BCUT2D eigenvalue weighted by Crippen LogP contribution is 2.23. The number of benzene rings is 3. The summed E-state index contributed by atoms with van der Waals surface area (Å²) >= 11 is 11.8. The maximum Gasteiger partial charge on any atom is 0.344 e. The molecule has 0 amide bonds. The van der Waals surface area contributed by atoms with E-state index in [0.29, 0.717) is 54.6 Å². The number of carbonyl (C=O) groups is 2. The topological polar surface area (TPSA) is 108 Å². The molecule has 0 bridgehead atoms. The summed E-state index contributed by atoms with van der Waals surface area (Å²) in [6, 6.07) is 19.9. The van der Waals surface area contributed by atoms with Crippen molar-refractivity contribution in [1.82, 2.24) is 0 Å². The maximum atomic E-state index is 12.5. The quantitative estimate of drug-likeness (QED) is 0.0470. The molecule has 0 spiro atoms. The van der Waals surface area contributed by atoms with Crippen molar-refractivity contribution in [3.05, 3.63) is 99.1 Å². The van der Waals surface area contributed by atoms with E-state index >= 15 is 0 Å². The zero-order valence-electron chi connectivity index (χ0n) is 26.4. The van der Waals surface area contributed by atoms with Crippen molar-refractivity contribution in [3.8, 4) is 5.75 Å². The lowest BCUT2D eigenvalue weighted by Crippen LogP contribution is -2.27. The molecule has 0 saturated carbocycles. The van der Waals surface area contributed by atoms with Gasteiger partial charge in [-0.3, -0.25) is 14.9 Å². The molecule has 0 saturated heterocycles. The van der Waals surface area contributed by atoms with E-state index in [4.69, 9.17) is 37.4 Å². The fraction of sp³-hybridized carbons (Fsp3) is 0.371. The third-order valence-corrected chi connectivity index (χ3v) is 7.01. The van der Waals surface area contributed by atoms with Crippen LogP contribution in [0.1, 0.15) is 55.9 Å². The molecule has 9 nitrogen and oxygen atoms in total. The van der Waals surface area contributed by atoms with Crippen molar-refractivity contribution in [2.45, 2.75) is 52.2 Å². The van der Waals surface area contributed by atoms with E-state index in [9.17, 15) is 19.7 Å². The number of anilines is 1. The first-order valence-corrected chi connectivity index (χ1v) is 16.1. The molecule has 11 heteroatoms. The van der Waals surface area contributed by atoms with Crippen LogP contribution < -0.4 is 9.64 Å². The van der Waals surface area contributed by atoms with E-state index in [0.717, 1.165) is 16.8 Å². The fourth-order valence-electron chi connectivity index (χ4n) is 4.50. The summed E-state index contributed by atoms with van der Waals surface area (Å²) in [5.41, 5.74) is 3.31. The number of alkyl halides is 2. The Bertz CT molecular complexity index is 1460. The Morgan fingerprint density at radius 1 is 0.891 bits per heavy atom. The van der Waals surface area contributed by atoms with Crippen molar-refractivity contribution in [3.63, 3.8) is 0 Å². The second-order valence-electron chi connectivity index (χ2n) is 11.5. The van der Waals surface area contributed by atoms with E-state index < -0.39 is 22.5 Å². The summed E-state index contributed by atoms with van der Waals surface area (Å²) in [7, 11) is 0. The van der Waals surface area contributed by atoms with Gasteiger partial charge in [0.15, 0.2) is 6.61 Å². The number of nitrogens with zero attached hydrogens (tertiary/aromatic N) is 2. The van der Waals surface area contributed by atoms with Gasteiger partial charge >= 0.3 is 11.9 Å². The molecule has 3 aromatic rings. The molecule has 3 aromatic carbocycles. The minimum atomic E-state index is -0.582. The molecule has 0 aromatic heterocycles. The van der Waals surface area contributed by atoms with Gasteiger partial charge in [-0.15, -0.1) is 23.2 Å². The molecule has 0 unspecified atom stereocenters. The second kappa shape index (κ2) is 18.2. The normalized spacial score (nSPS) is 11.3. The Hall–Kier alpha value is -4.08. The number of halogens is 2. The predicted molar refractivity (Wildman–Crippen MR) is 183 cm³/mol. The average Bonchev–Trinajstić information content (AvgIpc) is 3.01. The van der Waals surface area contributed by atoms with Gasteiger partial charge in [0.25, 0.3) is 5.69 Å². The lowest BCUT2D eigenvalue weighted by molar-refractivity contribution is -0.385. The molecular weight excluding hydrogens is 631 g/mol. The molecule has 246 valence electrons. The van der Waals surface area contributed by atoms with Crippen LogP contribution in [0.4, 0.5) is 11.4 Å². The number of nitro benzene ring substituents is 1. The minimum Gasteiger partial charge on any atom is -0.482 e. The van der Waals surface area contributed by atoms with Crippen LogP contribution in [0.25, 0.3) is 12.2 Å². The van der Waals surface area contributed by atoms with Gasteiger partial charge < -0.3 is 19.1 Å². The largest absolute Gasteiger partial charge is 0.482 e. The Labute approximate surface area is 280 Å². The number of hydrogen-bond acceptors (Lipinski definition) is 8. The van der Waals surface area contributed by atoms with Crippen molar-refractivity contribution in [2.75, 3.05) is 36.4 Å². The van der Waals surface area contributed by atoms with Crippen molar-refractivity contribution >= 4 is 58.7 Å². The van der Waals surface area contributed by atoms with Crippen LogP contribution in [0.3, 0.4) is 0 Å². The van der Waals surface area contributed by atoms with Crippen molar-refractivity contribution < 1.29 is 28.7 Å². The van der Waals surface area contributed by atoms with Gasteiger partial charge in [-0.1, -0.05) is 36.4 Å². The molecular formula is C35H40Cl2N2O7. The van der Waals surface area contributed by atoms with Crippen molar-refractivity contribution in [1.29, 1.82) is 0 Å². The molecule has 0 fully saturated rings. The van der Waals surface area contributed by atoms with Gasteiger partial charge in [0.1, 0.15) is 18.0 Å². The summed E-state index contributed by atoms with van der Waals surface area (Å²) in [5.74, 6) is 0.670. The Kier molecular flexibility index (Phi) is 14.4. The summed E-state index contributed by atoms with van der Waals surface area (Å²) in [6.45, 7) is 6.39. The minimum absolute atomic E-state index is 0.117. The third-order valence-electron chi connectivity index (χ3n) is 6.67. The second-order valence-corrected chi connectivity index (χ2v) is 12.2. The van der Waals surface area contributed by atoms with E-state index in [2.05, 4.69) is 4.90 Å². The molecule has 3 rings (SSSR count). The number of carbonyl (C=O) groups excluding carboxylic acids is 2. The lowest BCUT2D eigenvalue weighted by atomic mass is 10.1. The Morgan fingerprint density at radius 2 is 1.52 bits per heavy atom. The fourth-order valence-corrected chi connectivity index (χ4v) is 4.91. The Morgan fingerprint density at radius 3 is 2.13 bits per heavy atom. The summed E-state index contributed by atoms with van der Waals surface area (Å²) < 4.78 is 16.1.